The Kier molecular flexibility index (Phi) is 5.38. The summed E-state index contributed by atoms with van der Waals surface area (Å²) in [6.45, 7) is 1.11. The van der Waals surface area contributed by atoms with E-state index >= 15 is 0 Å². The van der Waals surface area contributed by atoms with Gasteiger partial charge in [-0.15, -0.1) is 11.3 Å². The number of anilines is 3. The minimum Gasteiger partial charge on any atom is -0.397 e. The van der Waals surface area contributed by atoms with E-state index in [1.54, 1.807) is 30.7 Å². The van der Waals surface area contributed by atoms with Crippen molar-refractivity contribution < 1.29 is 9.90 Å². The number of aliphatic hydroxyl groups excluding tert-OH is 1. The first-order valence-corrected chi connectivity index (χ1v) is 10.0. The van der Waals surface area contributed by atoms with Crippen molar-refractivity contribution in [3.8, 4) is 10.7 Å². The second-order valence-corrected chi connectivity index (χ2v) is 7.68. The molecular weight excluding hydrogens is 390 g/mol. The molecule has 29 heavy (non-hydrogen) atoms. The van der Waals surface area contributed by atoms with E-state index in [2.05, 4.69) is 20.3 Å². The lowest BCUT2D eigenvalue weighted by Gasteiger charge is -2.36. The fraction of sp³-hybridized carbons (Fsp3) is 0.263. The quantitative estimate of drug-likeness (QED) is 0.503. The smallest absolute Gasteiger partial charge is 0.276 e. The van der Waals surface area contributed by atoms with Crippen LogP contribution in [0.4, 0.5) is 17.1 Å². The Morgan fingerprint density at radius 2 is 2.17 bits per heavy atom. The van der Waals surface area contributed by atoms with Crippen LogP contribution in [-0.4, -0.2) is 51.2 Å². The molecule has 0 spiro atoms. The van der Waals surface area contributed by atoms with Crippen LogP contribution < -0.4 is 21.7 Å². The van der Waals surface area contributed by atoms with Crippen LogP contribution in [0.3, 0.4) is 0 Å². The Morgan fingerprint density at radius 3 is 2.93 bits per heavy atom. The zero-order valence-corrected chi connectivity index (χ0v) is 16.3. The standard InChI is InChI=1S/C19H21N7O2S/c20-11-1-2-13(19-23-6-8-29-19)24-17(11)18(28)25-14-9-22-5-3-15(14)26-7-4-16(27)12(21)10-26/h1-3,5-6,8-9,12,16,27H,4,7,10,20-21H2,(H,25,28)/t12-,16-/m1/s1. The number of hydrogen-bond donors (Lipinski definition) is 4. The van der Waals surface area contributed by atoms with E-state index in [-0.39, 0.29) is 17.4 Å². The number of thiazole rings is 1. The van der Waals surface area contributed by atoms with E-state index in [1.165, 1.54) is 11.3 Å². The van der Waals surface area contributed by atoms with E-state index in [0.717, 1.165) is 5.69 Å². The van der Waals surface area contributed by atoms with Crippen LogP contribution in [0.2, 0.25) is 0 Å². The Labute approximate surface area is 171 Å². The fourth-order valence-corrected chi connectivity index (χ4v) is 3.86. The molecule has 10 heteroatoms. The highest BCUT2D eigenvalue weighted by molar-refractivity contribution is 7.13. The number of nitrogens with one attached hydrogen (secondary N) is 1. The number of nitrogens with zero attached hydrogens (tertiary/aromatic N) is 4. The molecule has 9 nitrogen and oxygen atoms in total. The number of rotatable bonds is 4. The van der Waals surface area contributed by atoms with Gasteiger partial charge in [-0.25, -0.2) is 9.97 Å². The lowest BCUT2D eigenvalue weighted by atomic mass is 10.0. The number of amides is 1. The second kappa shape index (κ2) is 8.11. The minimum absolute atomic E-state index is 0.123. The fourth-order valence-electron chi connectivity index (χ4n) is 3.25. The summed E-state index contributed by atoms with van der Waals surface area (Å²) in [5.41, 5.74) is 14.3. The van der Waals surface area contributed by atoms with Gasteiger partial charge in [-0.2, -0.15) is 0 Å². The van der Waals surface area contributed by atoms with Crippen molar-refractivity contribution in [3.05, 3.63) is 47.9 Å². The van der Waals surface area contributed by atoms with Crippen LogP contribution in [0.15, 0.2) is 42.2 Å². The molecule has 3 aromatic rings. The number of pyridine rings is 2. The molecule has 150 valence electrons. The molecule has 6 N–H and O–H groups in total. The number of hydrogen-bond acceptors (Lipinski definition) is 9. The Hall–Kier alpha value is -3.08. The van der Waals surface area contributed by atoms with Crippen LogP contribution in [-0.2, 0) is 0 Å². The highest BCUT2D eigenvalue weighted by atomic mass is 32.1. The van der Waals surface area contributed by atoms with Crippen LogP contribution in [0.25, 0.3) is 10.7 Å². The van der Waals surface area contributed by atoms with Crippen molar-refractivity contribution in [2.45, 2.75) is 18.6 Å². The van der Waals surface area contributed by atoms with Gasteiger partial charge in [-0.3, -0.25) is 9.78 Å². The van der Waals surface area contributed by atoms with E-state index in [4.69, 9.17) is 11.5 Å². The lowest BCUT2D eigenvalue weighted by Crippen LogP contribution is -2.51. The van der Waals surface area contributed by atoms with Crippen molar-refractivity contribution >= 4 is 34.3 Å². The number of nitrogen functional groups attached to an aromatic ring is 1. The third kappa shape index (κ3) is 4.04. The molecular formula is C19H21N7O2S. The third-order valence-corrected chi connectivity index (χ3v) is 5.60. The molecule has 1 fully saturated rings. The summed E-state index contributed by atoms with van der Waals surface area (Å²) in [6.07, 6.45) is 4.94. The number of carbonyl (C=O) groups excluding carboxylic acids is 1. The number of nitrogens with two attached hydrogens (primary N) is 2. The van der Waals surface area contributed by atoms with Crippen molar-refractivity contribution in [1.29, 1.82) is 0 Å². The number of carbonyl (C=O) groups is 1. The lowest BCUT2D eigenvalue weighted by molar-refractivity contribution is 0.102. The zero-order chi connectivity index (χ0) is 20.4. The molecule has 0 saturated carbocycles. The van der Waals surface area contributed by atoms with Crippen molar-refractivity contribution in [3.63, 3.8) is 0 Å². The monoisotopic (exact) mass is 411 g/mol. The molecule has 1 saturated heterocycles. The Morgan fingerprint density at radius 1 is 1.31 bits per heavy atom. The molecule has 1 amide bonds. The average molecular weight is 411 g/mol. The van der Waals surface area contributed by atoms with Crippen LogP contribution in [0.1, 0.15) is 16.9 Å². The van der Waals surface area contributed by atoms with Crippen molar-refractivity contribution in [1.82, 2.24) is 15.0 Å². The Bertz CT molecular complexity index is 1010. The van der Waals surface area contributed by atoms with Crippen molar-refractivity contribution in [2.24, 2.45) is 5.73 Å². The van der Waals surface area contributed by atoms with E-state index in [1.807, 2.05) is 16.3 Å². The largest absolute Gasteiger partial charge is 0.397 e. The number of aromatic nitrogens is 3. The summed E-state index contributed by atoms with van der Waals surface area (Å²) < 4.78 is 0. The molecule has 1 aliphatic heterocycles. The summed E-state index contributed by atoms with van der Waals surface area (Å²) in [7, 11) is 0. The third-order valence-electron chi connectivity index (χ3n) is 4.80. The highest BCUT2D eigenvalue weighted by Crippen LogP contribution is 2.28. The predicted molar refractivity (Wildman–Crippen MR) is 113 cm³/mol. The first kappa shape index (κ1) is 19.2. The average Bonchev–Trinajstić information content (AvgIpc) is 3.26. The van der Waals surface area contributed by atoms with Gasteiger partial charge in [0, 0.05) is 36.9 Å². The molecule has 1 aliphatic rings. The van der Waals surface area contributed by atoms with Gasteiger partial charge in [0.1, 0.15) is 5.01 Å². The summed E-state index contributed by atoms with van der Waals surface area (Å²) >= 11 is 1.43. The number of aliphatic hydroxyl groups is 1. The van der Waals surface area contributed by atoms with Crippen molar-refractivity contribution in [2.75, 3.05) is 29.0 Å². The molecule has 4 rings (SSSR count). The normalized spacial score (nSPS) is 19.2. The van der Waals surface area contributed by atoms with Gasteiger partial charge in [-0.05, 0) is 24.6 Å². The molecule has 0 unspecified atom stereocenters. The summed E-state index contributed by atoms with van der Waals surface area (Å²) in [5, 5.41) is 15.3. The first-order valence-electron chi connectivity index (χ1n) is 9.13. The first-order chi connectivity index (χ1) is 14.0. The van der Waals surface area contributed by atoms with Gasteiger partial charge < -0.3 is 26.8 Å². The zero-order valence-electron chi connectivity index (χ0n) is 15.5. The molecule has 0 bridgehead atoms. The Balaban J connectivity index is 1.59. The summed E-state index contributed by atoms with van der Waals surface area (Å²) in [5.74, 6) is -0.434. The minimum atomic E-state index is -0.524. The van der Waals surface area contributed by atoms with Gasteiger partial charge in [0.15, 0.2) is 5.69 Å². The summed E-state index contributed by atoms with van der Waals surface area (Å²) in [6, 6.07) is 4.84. The SMILES string of the molecule is Nc1ccc(-c2nccs2)nc1C(=O)Nc1cnccc1N1CC[C@@H](O)[C@H](N)C1. The maximum atomic E-state index is 12.9. The molecule has 0 radical (unpaired) electrons. The summed E-state index contributed by atoms with van der Waals surface area (Å²) in [4.78, 5) is 27.7. The molecule has 3 aromatic heterocycles. The van der Waals surface area contributed by atoms with E-state index < -0.39 is 12.0 Å². The molecule has 2 atom stereocenters. The van der Waals surface area contributed by atoms with Gasteiger partial charge >= 0.3 is 0 Å². The van der Waals surface area contributed by atoms with Crippen LogP contribution in [0.5, 0.6) is 0 Å². The molecule has 0 aliphatic carbocycles. The van der Waals surface area contributed by atoms with Gasteiger partial charge in [0.2, 0.25) is 0 Å². The number of piperidine rings is 1. The topological polar surface area (TPSA) is 143 Å². The predicted octanol–water partition coefficient (Wildman–Crippen LogP) is 1.33. The van der Waals surface area contributed by atoms with E-state index in [0.29, 0.717) is 35.9 Å². The van der Waals surface area contributed by atoms with Gasteiger partial charge in [0.25, 0.3) is 5.91 Å². The molecule has 4 heterocycles. The van der Waals surface area contributed by atoms with E-state index in [9.17, 15) is 9.90 Å². The van der Waals surface area contributed by atoms with Crippen LogP contribution in [0, 0.1) is 0 Å². The molecule has 0 aromatic carbocycles. The highest BCUT2D eigenvalue weighted by Gasteiger charge is 2.26. The van der Waals surface area contributed by atoms with Gasteiger partial charge in [-0.1, -0.05) is 0 Å². The van der Waals surface area contributed by atoms with Gasteiger partial charge in [0.05, 0.1) is 35.1 Å². The maximum Gasteiger partial charge on any atom is 0.276 e. The maximum absolute atomic E-state index is 12.9. The second-order valence-electron chi connectivity index (χ2n) is 6.78. The van der Waals surface area contributed by atoms with Crippen LogP contribution >= 0.6 is 11.3 Å².